The molecule has 0 atom stereocenters. The molecular weight excluding hydrogens is 236 g/mol. The zero-order valence-electron chi connectivity index (χ0n) is 11.1. The summed E-state index contributed by atoms with van der Waals surface area (Å²) in [6.07, 6.45) is 5.26. The van der Waals surface area contributed by atoms with Gasteiger partial charge < -0.3 is 4.74 Å². The van der Waals surface area contributed by atoms with Gasteiger partial charge in [0.1, 0.15) is 0 Å². The van der Waals surface area contributed by atoms with Crippen LogP contribution in [0.1, 0.15) is 21.5 Å². The molecule has 0 saturated carbocycles. The highest BCUT2D eigenvalue weighted by atomic mass is 16.5. The van der Waals surface area contributed by atoms with Crippen molar-refractivity contribution >= 4 is 5.97 Å². The lowest BCUT2D eigenvalue weighted by Crippen LogP contribution is -2.04. The maximum Gasteiger partial charge on any atom is 0.338 e. The van der Waals surface area contributed by atoms with E-state index in [0.717, 1.165) is 11.1 Å². The maximum absolute atomic E-state index is 11.2. The molecule has 2 nitrogen and oxygen atoms in total. The summed E-state index contributed by atoms with van der Waals surface area (Å²) in [6, 6.07) is 17.2. The number of esters is 1. The van der Waals surface area contributed by atoms with Crippen LogP contribution in [0.15, 0.2) is 54.6 Å². The third-order valence-corrected chi connectivity index (χ3v) is 2.56. The molecule has 2 aromatic carbocycles. The van der Waals surface area contributed by atoms with Gasteiger partial charge in [-0.05, 0) is 24.6 Å². The minimum absolute atomic E-state index is 0.352. The van der Waals surface area contributed by atoms with Gasteiger partial charge in [0.25, 0.3) is 0 Å². The summed E-state index contributed by atoms with van der Waals surface area (Å²) in [6.45, 7) is 1.81. The molecule has 0 aliphatic carbocycles. The Kier molecular flexibility index (Phi) is 5.91. The van der Waals surface area contributed by atoms with E-state index in [4.69, 9.17) is 6.42 Å². The minimum atomic E-state index is -0.352. The highest BCUT2D eigenvalue weighted by Crippen LogP contribution is 2.13. The van der Waals surface area contributed by atoms with Gasteiger partial charge in [0, 0.05) is 5.56 Å². The van der Waals surface area contributed by atoms with Crippen LogP contribution in [0.4, 0.5) is 0 Å². The lowest BCUT2D eigenvalue weighted by Gasteiger charge is -2.04. The maximum atomic E-state index is 11.2. The fourth-order valence-corrected chi connectivity index (χ4v) is 1.51. The van der Waals surface area contributed by atoms with E-state index in [-0.39, 0.29) is 5.97 Å². The van der Waals surface area contributed by atoms with E-state index in [1.807, 2.05) is 36.4 Å². The van der Waals surface area contributed by atoms with E-state index >= 15 is 0 Å². The smallest absolute Gasteiger partial charge is 0.338 e. The zero-order valence-corrected chi connectivity index (χ0v) is 11.1. The Morgan fingerprint density at radius 1 is 1.05 bits per heavy atom. The van der Waals surface area contributed by atoms with Crippen LogP contribution in [0.3, 0.4) is 0 Å². The van der Waals surface area contributed by atoms with Gasteiger partial charge in [-0.1, -0.05) is 48.4 Å². The molecule has 0 bridgehead atoms. The topological polar surface area (TPSA) is 26.3 Å². The Balaban J connectivity index is 0.000000250. The van der Waals surface area contributed by atoms with Gasteiger partial charge in [0.05, 0.1) is 12.7 Å². The molecule has 0 radical (unpaired) electrons. The van der Waals surface area contributed by atoms with Gasteiger partial charge in [-0.25, -0.2) is 4.79 Å². The van der Waals surface area contributed by atoms with Gasteiger partial charge in [0.2, 0.25) is 0 Å². The van der Waals surface area contributed by atoms with Crippen LogP contribution in [0.25, 0.3) is 0 Å². The van der Waals surface area contributed by atoms with E-state index in [0.29, 0.717) is 5.56 Å². The van der Waals surface area contributed by atoms with E-state index in [2.05, 4.69) is 10.7 Å². The molecule has 96 valence electrons. The highest BCUT2D eigenvalue weighted by Gasteiger charge is 2.09. The van der Waals surface area contributed by atoms with Crippen molar-refractivity contribution in [3.8, 4) is 12.3 Å². The molecule has 19 heavy (non-hydrogen) atoms. The fraction of sp³-hybridized carbons (Fsp3) is 0.118. The molecule has 2 rings (SSSR count). The third kappa shape index (κ3) is 4.33. The van der Waals surface area contributed by atoms with Gasteiger partial charge in [-0.2, -0.15) is 0 Å². The number of hydrogen-bond acceptors (Lipinski definition) is 2. The van der Waals surface area contributed by atoms with E-state index in [1.165, 1.54) is 7.11 Å². The summed E-state index contributed by atoms with van der Waals surface area (Å²) >= 11 is 0. The summed E-state index contributed by atoms with van der Waals surface area (Å²) in [5.74, 6) is 2.15. The van der Waals surface area contributed by atoms with E-state index in [1.54, 1.807) is 25.1 Å². The average molecular weight is 252 g/mol. The molecule has 0 aliphatic rings. The predicted molar refractivity (Wildman–Crippen MR) is 76.9 cm³/mol. The van der Waals surface area contributed by atoms with Crippen LogP contribution in [-0.4, -0.2) is 13.1 Å². The second-order valence-electron chi connectivity index (χ2n) is 3.77. The molecule has 0 saturated heterocycles. The first kappa shape index (κ1) is 14.5. The third-order valence-electron chi connectivity index (χ3n) is 2.56. The van der Waals surface area contributed by atoms with E-state index in [9.17, 15) is 4.79 Å². The Morgan fingerprint density at radius 3 is 2.00 bits per heavy atom. The number of terminal acetylenes is 1. The van der Waals surface area contributed by atoms with Gasteiger partial charge in [-0.15, -0.1) is 6.42 Å². The summed E-state index contributed by atoms with van der Waals surface area (Å²) < 4.78 is 4.61. The molecule has 0 fully saturated rings. The summed E-state index contributed by atoms with van der Waals surface area (Å²) in [7, 11) is 1.35. The van der Waals surface area contributed by atoms with Crippen molar-refractivity contribution in [2.45, 2.75) is 6.92 Å². The first-order valence-electron chi connectivity index (χ1n) is 5.85. The van der Waals surface area contributed by atoms with Crippen LogP contribution in [0.5, 0.6) is 0 Å². The van der Waals surface area contributed by atoms with Gasteiger partial charge in [0.15, 0.2) is 0 Å². The Morgan fingerprint density at radius 2 is 1.58 bits per heavy atom. The molecular formula is C17H16O2. The monoisotopic (exact) mass is 252 g/mol. The van der Waals surface area contributed by atoms with Gasteiger partial charge in [-0.3, -0.25) is 0 Å². The molecule has 0 heterocycles. The number of carbonyl (C=O) groups is 1. The first-order valence-corrected chi connectivity index (χ1v) is 5.85. The number of ether oxygens (including phenoxy) is 1. The molecule has 0 N–H and O–H groups in total. The normalized spacial score (nSPS) is 8.68. The molecule has 0 unspecified atom stereocenters. The van der Waals surface area contributed by atoms with Crippen molar-refractivity contribution in [1.82, 2.24) is 0 Å². The lowest BCUT2D eigenvalue weighted by molar-refractivity contribution is 0.0600. The van der Waals surface area contributed by atoms with Crippen molar-refractivity contribution in [3.05, 3.63) is 71.3 Å². The fourth-order valence-electron chi connectivity index (χ4n) is 1.51. The number of hydrogen-bond donors (Lipinski definition) is 0. The summed E-state index contributed by atoms with van der Waals surface area (Å²) in [5, 5.41) is 0. The average Bonchev–Trinajstić information content (AvgIpc) is 2.49. The number of carbonyl (C=O) groups excluding carboxylic acids is 1. The molecule has 2 aromatic rings. The highest BCUT2D eigenvalue weighted by molar-refractivity contribution is 5.91. The molecule has 0 spiro atoms. The van der Waals surface area contributed by atoms with Crippen LogP contribution >= 0.6 is 0 Å². The van der Waals surface area contributed by atoms with Crippen LogP contribution in [-0.2, 0) is 4.74 Å². The number of rotatable bonds is 1. The number of benzene rings is 2. The molecule has 0 amide bonds. The Labute approximate surface area is 114 Å². The van der Waals surface area contributed by atoms with E-state index < -0.39 is 0 Å². The second-order valence-corrected chi connectivity index (χ2v) is 3.77. The Hall–Kier alpha value is -2.53. The predicted octanol–water partition coefficient (Wildman–Crippen LogP) is 3.45. The Bertz CT molecular complexity index is 539. The number of methoxy groups -OCH3 is 1. The largest absolute Gasteiger partial charge is 0.465 e. The molecule has 0 aromatic heterocycles. The summed E-state index contributed by atoms with van der Waals surface area (Å²) in [4.78, 5) is 11.2. The SMILES string of the molecule is C#Cc1cccc(C(=O)OC)c1C.c1ccccc1. The molecule has 0 aliphatic heterocycles. The second kappa shape index (κ2) is 7.73. The van der Waals surface area contributed by atoms with Crippen LogP contribution in [0.2, 0.25) is 0 Å². The molecule has 2 heteroatoms. The van der Waals surface area contributed by atoms with Gasteiger partial charge >= 0.3 is 5.97 Å². The van der Waals surface area contributed by atoms with Crippen molar-refractivity contribution in [2.75, 3.05) is 7.11 Å². The van der Waals surface area contributed by atoms with Crippen molar-refractivity contribution in [1.29, 1.82) is 0 Å². The van der Waals surface area contributed by atoms with Crippen molar-refractivity contribution in [3.63, 3.8) is 0 Å². The van der Waals surface area contributed by atoms with Crippen molar-refractivity contribution in [2.24, 2.45) is 0 Å². The zero-order chi connectivity index (χ0) is 14.1. The summed E-state index contributed by atoms with van der Waals surface area (Å²) in [5.41, 5.74) is 2.04. The van der Waals surface area contributed by atoms with Crippen LogP contribution < -0.4 is 0 Å². The standard InChI is InChI=1S/C11H10O2.C6H6/c1-4-9-6-5-7-10(8(9)2)11(12)13-3;1-2-4-6-5-3-1/h1,5-7H,2-3H3;1-6H. The quantitative estimate of drug-likeness (QED) is 0.574. The minimum Gasteiger partial charge on any atom is -0.465 e. The lowest BCUT2D eigenvalue weighted by atomic mass is 10.0. The first-order chi connectivity index (χ1) is 9.20. The van der Waals surface area contributed by atoms with Crippen molar-refractivity contribution < 1.29 is 9.53 Å². The van der Waals surface area contributed by atoms with Crippen LogP contribution in [0, 0.1) is 19.3 Å².